The van der Waals surface area contributed by atoms with Crippen LogP contribution in [0.2, 0.25) is 0 Å². The van der Waals surface area contributed by atoms with Gasteiger partial charge in [0, 0.05) is 25.5 Å². The minimum atomic E-state index is -1.51. The van der Waals surface area contributed by atoms with E-state index in [1.165, 1.54) is 7.11 Å². The van der Waals surface area contributed by atoms with Crippen LogP contribution in [0, 0.1) is 6.92 Å². The van der Waals surface area contributed by atoms with Crippen LogP contribution in [0.25, 0.3) is 22.0 Å². The summed E-state index contributed by atoms with van der Waals surface area (Å²) >= 11 is 0. The number of fused-ring (bicyclic) bond motifs is 1. The highest BCUT2D eigenvalue weighted by atomic mass is 16.6. The van der Waals surface area contributed by atoms with Gasteiger partial charge in [0.25, 0.3) is 5.56 Å². The van der Waals surface area contributed by atoms with Crippen LogP contribution in [0.4, 0.5) is 0 Å². The van der Waals surface area contributed by atoms with Crippen molar-refractivity contribution in [2.45, 2.75) is 12.5 Å². The van der Waals surface area contributed by atoms with Gasteiger partial charge < -0.3 is 19.1 Å². The molecule has 0 saturated carbocycles. The molecule has 3 aromatic carbocycles. The van der Waals surface area contributed by atoms with E-state index in [0.717, 1.165) is 33.2 Å². The van der Waals surface area contributed by atoms with Crippen molar-refractivity contribution in [2.75, 3.05) is 7.11 Å². The molecule has 5 rings (SSSR count). The summed E-state index contributed by atoms with van der Waals surface area (Å²) in [7, 11) is 5.11. The summed E-state index contributed by atoms with van der Waals surface area (Å²) in [6.07, 6.45) is 4.95. The molecule has 2 heterocycles. The number of aryl methyl sites for hydroxylation is 3. The van der Waals surface area contributed by atoms with E-state index in [4.69, 9.17) is 4.84 Å². The Kier molecular flexibility index (Phi) is 6.23. The number of aromatic nitrogens is 3. The summed E-state index contributed by atoms with van der Waals surface area (Å²) in [5.41, 5.74) is 4.85. The highest BCUT2D eigenvalue weighted by molar-refractivity contribution is 5.95. The molecule has 0 aliphatic heterocycles. The predicted molar refractivity (Wildman–Crippen MR) is 146 cm³/mol. The van der Waals surface area contributed by atoms with Gasteiger partial charge in [-0.15, -0.1) is 0 Å². The van der Waals surface area contributed by atoms with Gasteiger partial charge in [-0.1, -0.05) is 65.3 Å². The number of benzene rings is 3. The molecule has 5 aromatic rings. The zero-order valence-electron chi connectivity index (χ0n) is 21.2. The van der Waals surface area contributed by atoms with E-state index in [1.54, 1.807) is 36.4 Å². The lowest BCUT2D eigenvalue weighted by Crippen LogP contribution is -2.31. The zero-order valence-corrected chi connectivity index (χ0v) is 21.2. The zero-order chi connectivity index (χ0) is 26.2. The maximum Gasteiger partial charge on any atom is 0.251 e. The van der Waals surface area contributed by atoms with E-state index >= 15 is 0 Å². The van der Waals surface area contributed by atoms with Crippen molar-refractivity contribution >= 4 is 17.1 Å². The molecule has 0 radical (unpaired) electrons. The molecule has 7 nitrogen and oxygen atoms in total. The van der Waals surface area contributed by atoms with E-state index in [2.05, 4.69) is 16.2 Å². The fourth-order valence-corrected chi connectivity index (χ4v) is 4.83. The molecular formula is C30H28N4O3. The minimum Gasteiger partial charge on any atom is -0.399 e. The smallest absolute Gasteiger partial charge is 0.251 e. The third-order valence-electron chi connectivity index (χ3n) is 6.82. The van der Waals surface area contributed by atoms with Crippen LogP contribution in [0.5, 0.6) is 0 Å². The highest BCUT2D eigenvalue weighted by Crippen LogP contribution is 2.39. The third-order valence-corrected chi connectivity index (χ3v) is 6.82. The standard InChI is InChI=1S/C30H28N4O3/c1-20-6-5-7-22(14-20)25-16-29(35)34(3)27-13-12-24(15-26(25)27)30(36,28-18-31-19-33(28)2)23-10-8-21(9-11-23)17-32-37-4/h5-19,36H,1-4H3/b32-17+. The van der Waals surface area contributed by atoms with Crippen LogP contribution in [-0.4, -0.2) is 32.5 Å². The van der Waals surface area contributed by atoms with Crippen molar-refractivity contribution in [2.24, 2.45) is 19.3 Å². The van der Waals surface area contributed by atoms with Gasteiger partial charge in [-0.3, -0.25) is 4.79 Å². The molecule has 0 amide bonds. The molecule has 0 bridgehead atoms. The van der Waals surface area contributed by atoms with Crippen LogP contribution < -0.4 is 5.56 Å². The lowest BCUT2D eigenvalue weighted by Gasteiger charge is -2.30. The van der Waals surface area contributed by atoms with Crippen LogP contribution in [-0.2, 0) is 24.5 Å². The van der Waals surface area contributed by atoms with Crippen LogP contribution >= 0.6 is 0 Å². The Hall–Kier alpha value is -4.49. The largest absolute Gasteiger partial charge is 0.399 e. The molecule has 0 aliphatic rings. The molecule has 2 aromatic heterocycles. The second-order valence-corrected chi connectivity index (χ2v) is 9.20. The fourth-order valence-electron chi connectivity index (χ4n) is 4.83. The van der Waals surface area contributed by atoms with E-state index in [9.17, 15) is 9.90 Å². The molecule has 0 fully saturated rings. The lowest BCUT2D eigenvalue weighted by atomic mass is 9.82. The van der Waals surface area contributed by atoms with Crippen molar-refractivity contribution in [1.82, 2.24) is 14.1 Å². The number of oxime groups is 1. The first kappa shape index (κ1) is 24.2. The van der Waals surface area contributed by atoms with Gasteiger partial charge in [-0.25, -0.2) is 4.98 Å². The fraction of sp³-hybridized carbons (Fsp3) is 0.167. The maximum absolute atomic E-state index is 12.8. The van der Waals surface area contributed by atoms with Crippen molar-refractivity contribution in [3.8, 4) is 11.1 Å². The highest BCUT2D eigenvalue weighted by Gasteiger charge is 2.37. The molecule has 1 atom stereocenters. The Labute approximate surface area is 214 Å². The van der Waals surface area contributed by atoms with Gasteiger partial charge in [0.2, 0.25) is 0 Å². The summed E-state index contributed by atoms with van der Waals surface area (Å²) in [5.74, 6) is 0. The summed E-state index contributed by atoms with van der Waals surface area (Å²) in [6.45, 7) is 2.03. The number of imidazole rings is 1. The second-order valence-electron chi connectivity index (χ2n) is 9.20. The molecule has 0 saturated heterocycles. The molecule has 1 N–H and O–H groups in total. The molecule has 186 valence electrons. The normalized spacial score (nSPS) is 13.2. The summed E-state index contributed by atoms with van der Waals surface area (Å²) in [5, 5.41) is 17.2. The van der Waals surface area contributed by atoms with Crippen LogP contribution in [0.3, 0.4) is 0 Å². The second kappa shape index (κ2) is 9.52. The van der Waals surface area contributed by atoms with Crippen LogP contribution in [0.15, 0.2) is 95.3 Å². The lowest BCUT2D eigenvalue weighted by molar-refractivity contribution is 0.117. The van der Waals surface area contributed by atoms with Gasteiger partial charge in [-0.05, 0) is 46.9 Å². The first-order valence-corrected chi connectivity index (χ1v) is 11.9. The quantitative estimate of drug-likeness (QED) is 0.279. The molecule has 37 heavy (non-hydrogen) atoms. The number of hydrogen-bond donors (Lipinski definition) is 1. The van der Waals surface area contributed by atoms with E-state index in [1.807, 2.05) is 79.2 Å². The topological polar surface area (TPSA) is 81.6 Å². The number of rotatable bonds is 6. The number of aliphatic hydroxyl groups is 1. The van der Waals surface area contributed by atoms with Crippen molar-refractivity contribution in [1.29, 1.82) is 0 Å². The number of nitrogens with zero attached hydrogens (tertiary/aromatic N) is 4. The molecule has 7 heteroatoms. The summed E-state index contributed by atoms with van der Waals surface area (Å²) in [6, 6.07) is 23.0. The van der Waals surface area contributed by atoms with Crippen molar-refractivity contribution < 1.29 is 9.94 Å². The van der Waals surface area contributed by atoms with E-state index < -0.39 is 5.60 Å². The number of pyridine rings is 1. The van der Waals surface area contributed by atoms with Gasteiger partial charge in [0.05, 0.1) is 29.9 Å². The maximum atomic E-state index is 12.8. The first-order valence-electron chi connectivity index (χ1n) is 11.9. The summed E-state index contributed by atoms with van der Waals surface area (Å²) in [4.78, 5) is 21.9. The van der Waals surface area contributed by atoms with Crippen molar-refractivity contribution in [3.63, 3.8) is 0 Å². The monoisotopic (exact) mass is 492 g/mol. The molecular weight excluding hydrogens is 464 g/mol. The Morgan fingerprint density at radius 1 is 1.00 bits per heavy atom. The summed E-state index contributed by atoms with van der Waals surface area (Å²) < 4.78 is 3.44. The van der Waals surface area contributed by atoms with Gasteiger partial charge in [-0.2, -0.15) is 0 Å². The Morgan fingerprint density at radius 2 is 1.76 bits per heavy atom. The van der Waals surface area contributed by atoms with Crippen molar-refractivity contribution in [3.05, 3.63) is 124 Å². The van der Waals surface area contributed by atoms with Crippen LogP contribution in [0.1, 0.15) is 27.9 Å². The SMILES string of the molecule is CO/N=C/c1ccc(C(O)(c2ccc3c(c2)c(-c2cccc(C)c2)cc(=O)n3C)c2cncn2C)cc1. The number of hydrogen-bond acceptors (Lipinski definition) is 5. The van der Waals surface area contributed by atoms with Gasteiger partial charge in [0.1, 0.15) is 7.11 Å². The van der Waals surface area contributed by atoms with E-state index in [0.29, 0.717) is 16.8 Å². The Balaban J connectivity index is 1.78. The molecule has 0 aliphatic carbocycles. The van der Waals surface area contributed by atoms with E-state index in [-0.39, 0.29) is 5.56 Å². The Morgan fingerprint density at radius 3 is 2.43 bits per heavy atom. The predicted octanol–water partition coefficient (Wildman–Crippen LogP) is 4.51. The minimum absolute atomic E-state index is 0.0908. The molecule has 0 spiro atoms. The average Bonchev–Trinajstić information content (AvgIpc) is 3.35. The first-order chi connectivity index (χ1) is 17.8. The average molecular weight is 493 g/mol. The third kappa shape index (κ3) is 4.23. The Bertz CT molecular complexity index is 1680. The van der Waals surface area contributed by atoms with Gasteiger partial charge >= 0.3 is 0 Å². The van der Waals surface area contributed by atoms with Gasteiger partial charge in [0.15, 0.2) is 5.60 Å². The molecule has 1 unspecified atom stereocenters.